The first-order chi connectivity index (χ1) is 17.8. The van der Waals surface area contributed by atoms with Crippen LogP contribution < -0.4 is 4.74 Å². The van der Waals surface area contributed by atoms with Crippen LogP contribution in [0.5, 0.6) is 11.5 Å². The number of carbonyl (C=O) groups excluding carboxylic acids is 1. The van der Waals surface area contributed by atoms with Crippen LogP contribution in [0, 0.1) is 6.92 Å². The molecule has 0 aliphatic carbocycles. The van der Waals surface area contributed by atoms with Gasteiger partial charge in [-0.2, -0.15) is 4.31 Å². The molecule has 1 aliphatic rings. The molecular formula is C29H27NO6S. The van der Waals surface area contributed by atoms with Crippen molar-refractivity contribution in [1.82, 2.24) is 4.31 Å². The topological polar surface area (TPSA) is 93.1 Å². The van der Waals surface area contributed by atoms with Gasteiger partial charge in [0.1, 0.15) is 11.5 Å². The summed E-state index contributed by atoms with van der Waals surface area (Å²) >= 11 is 0. The van der Waals surface area contributed by atoms with E-state index in [1.54, 1.807) is 49.6 Å². The number of aryl methyl sites for hydroxylation is 1. The number of esters is 1. The van der Waals surface area contributed by atoms with Gasteiger partial charge in [-0.05, 0) is 59.2 Å². The van der Waals surface area contributed by atoms with Gasteiger partial charge in [0.05, 0.1) is 37.6 Å². The van der Waals surface area contributed by atoms with Gasteiger partial charge in [0.2, 0.25) is 10.0 Å². The minimum absolute atomic E-state index is 0.0524. The largest absolute Gasteiger partial charge is 0.508 e. The quantitative estimate of drug-likeness (QED) is 0.351. The molecular weight excluding hydrogens is 490 g/mol. The number of fused-ring (bicyclic) bond motifs is 2. The van der Waals surface area contributed by atoms with Gasteiger partial charge in [-0.1, -0.05) is 54.1 Å². The summed E-state index contributed by atoms with van der Waals surface area (Å²) in [6, 6.07) is 21.0. The van der Waals surface area contributed by atoms with Crippen LogP contribution in [0.25, 0.3) is 10.8 Å². The molecule has 1 aliphatic heterocycles. The minimum Gasteiger partial charge on any atom is -0.508 e. The highest BCUT2D eigenvalue weighted by molar-refractivity contribution is 7.89. The molecule has 4 aromatic rings. The van der Waals surface area contributed by atoms with Crippen LogP contribution in [-0.4, -0.2) is 38.0 Å². The van der Waals surface area contributed by atoms with Crippen molar-refractivity contribution in [3.05, 3.63) is 101 Å². The SMILES string of the molecule is COC(=O)C[C@H]1c2ccccc2[C@@H](c2c(O)ccc3ccc(OC)cc23)N1S(=O)(=O)c1ccc(C)cc1. The normalized spacial score (nSPS) is 17.5. The van der Waals surface area contributed by atoms with Crippen LogP contribution in [0.1, 0.15) is 40.8 Å². The molecule has 0 radical (unpaired) electrons. The lowest BCUT2D eigenvalue weighted by atomic mass is 9.92. The molecule has 0 unspecified atom stereocenters. The van der Waals surface area contributed by atoms with Gasteiger partial charge in [-0.3, -0.25) is 4.79 Å². The van der Waals surface area contributed by atoms with Gasteiger partial charge in [0.15, 0.2) is 0 Å². The summed E-state index contributed by atoms with van der Waals surface area (Å²) in [5.41, 5.74) is 2.72. The summed E-state index contributed by atoms with van der Waals surface area (Å²) in [6.45, 7) is 1.88. The van der Waals surface area contributed by atoms with Crippen LogP contribution in [0.3, 0.4) is 0 Å². The lowest BCUT2D eigenvalue weighted by Gasteiger charge is -2.31. The van der Waals surface area contributed by atoms with E-state index in [-0.39, 0.29) is 17.1 Å². The van der Waals surface area contributed by atoms with E-state index in [1.165, 1.54) is 11.4 Å². The van der Waals surface area contributed by atoms with Gasteiger partial charge < -0.3 is 14.6 Å². The van der Waals surface area contributed by atoms with Crippen molar-refractivity contribution in [2.24, 2.45) is 0 Å². The van der Waals surface area contributed by atoms with E-state index in [2.05, 4.69) is 0 Å². The standard InChI is InChI=1S/C29H27NO6S/c1-18-8-13-21(14-9-18)37(33,34)30-25(17-27(32)36-3)22-6-4-5-7-23(22)29(30)28-24-16-20(35-2)12-10-19(24)11-15-26(28)31/h4-16,25,29,31H,17H2,1-3H3/t25-,29-/m0/s1. The van der Waals surface area contributed by atoms with Crippen molar-refractivity contribution in [2.45, 2.75) is 30.3 Å². The number of aromatic hydroxyl groups is 1. The number of hydrogen-bond acceptors (Lipinski definition) is 6. The third kappa shape index (κ3) is 4.22. The molecule has 0 saturated carbocycles. The maximum atomic E-state index is 14.3. The Morgan fingerprint density at radius 2 is 1.62 bits per heavy atom. The molecule has 4 aromatic carbocycles. The van der Waals surface area contributed by atoms with Crippen molar-refractivity contribution >= 4 is 26.8 Å². The summed E-state index contributed by atoms with van der Waals surface area (Å²) in [4.78, 5) is 12.6. The molecule has 0 saturated heterocycles. The zero-order valence-corrected chi connectivity index (χ0v) is 21.5. The van der Waals surface area contributed by atoms with E-state index in [0.717, 1.165) is 10.9 Å². The molecule has 0 amide bonds. The maximum Gasteiger partial charge on any atom is 0.307 e. The van der Waals surface area contributed by atoms with E-state index in [1.807, 2.05) is 43.3 Å². The number of phenols is 1. The molecule has 0 aromatic heterocycles. The molecule has 2 atom stereocenters. The highest BCUT2D eigenvalue weighted by atomic mass is 32.2. The third-order valence-corrected chi connectivity index (χ3v) is 8.80. The summed E-state index contributed by atoms with van der Waals surface area (Å²) < 4.78 is 40.4. The molecule has 1 heterocycles. The molecule has 0 spiro atoms. The average Bonchev–Trinajstić information content (AvgIpc) is 3.22. The monoisotopic (exact) mass is 517 g/mol. The van der Waals surface area contributed by atoms with E-state index >= 15 is 0 Å². The number of ether oxygens (including phenoxy) is 2. The van der Waals surface area contributed by atoms with Crippen LogP contribution in [0.15, 0.2) is 83.8 Å². The third-order valence-electron chi connectivity index (χ3n) is 6.92. The Hall–Kier alpha value is -3.88. The Morgan fingerprint density at radius 3 is 2.30 bits per heavy atom. The second-order valence-corrected chi connectivity index (χ2v) is 10.9. The van der Waals surface area contributed by atoms with E-state index < -0.39 is 28.1 Å². The fourth-order valence-corrected chi connectivity index (χ4v) is 6.85. The minimum atomic E-state index is -4.14. The second-order valence-electron chi connectivity index (χ2n) is 9.06. The van der Waals surface area contributed by atoms with E-state index in [0.29, 0.717) is 27.8 Å². The smallest absolute Gasteiger partial charge is 0.307 e. The molecule has 0 fully saturated rings. The Kier molecular flexibility index (Phi) is 6.39. The van der Waals surface area contributed by atoms with E-state index in [4.69, 9.17) is 9.47 Å². The molecule has 0 bridgehead atoms. The molecule has 8 heteroatoms. The second kappa shape index (κ2) is 9.53. The Bertz CT molecular complexity index is 1600. The summed E-state index contributed by atoms with van der Waals surface area (Å²) in [7, 11) is -1.31. The van der Waals surface area contributed by atoms with Crippen molar-refractivity contribution in [3.8, 4) is 11.5 Å². The summed E-state index contributed by atoms with van der Waals surface area (Å²) in [5, 5.41) is 12.7. The molecule has 5 rings (SSSR count). The van der Waals surface area contributed by atoms with E-state index in [9.17, 15) is 18.3 Å². The predicted octanol–water partition coefficient (Wildman–Crippen LogP) is 5.26. The first-order valence-corrected chi connectivity index (χ1v) is 13.3. The molecule has 1 N–H and O–H groups in total. The van der Waals surface area contributed by atoms with Gasteiger partial charge in [0, 0.05) is 5.56 Å². The highest BCUT2D eigenvalue weighted by Crippen LogP contribution is 2.53. The lowest BCUT2D eigenvalue weighted by Crippen LogP contribution is -2.35. The van der Waals surface area contributed by atoms with Crippen LogP contribution in [0.2, 0.25) is 0 Å². The maximum absolute atomic E-state index is 14.3. The predicted molar refractivity (Wildman–Crippen MR) is 140 cm³/mol. The number of benzene rings is 4. The average molecular weight is 518 g/mol. The number of carbonyl (C=O) groups is 1. The Balaban J connectivity index is 1.83. The van der Waals surface area contributed by atoms with Gasteiger partial charge >= 0.3 is 5.97 Å². The van der Waals surface area contributed by atoms with Crippen LogP contribution >= 0.6 is 0 Å². The molecule has 190 valence electrons. The first kappa shape index (κ1) is 24.8. The molecule has 37 heavy (non-hydrogen) atoms. The Morgan fingerprint density at radius 1 is 0.946 bits per heavy atom. The summed E-state index contributed by atoms with van der Waals surface area (Å²) in [6.07, 6.45) is -0.177. The number of sulfonamides is 1. The number of nitrogens with zero attached hydrogens (tertiary/aromatic N) is 1. The number of methoxy groups -OCH3 is 2. The summed E-state index contributed by atoms with van der Waals surface area (Å²) in [5.74, 6) is -0.0126. The zero-order chi connectivity index (χ0) is 26.3. The highest BCUT2D eigenvalue weighted by Gasteiger charge is 2.48. The van der Waals surface area contributed by atoms with Crippen LogP contribution in [0.4, 0.5) is 0 Å². The van der Waals surface area contributed by atoms with Crippen molar-refractivity contribution in [3.63, 3.8) is 0 Å². The van der Waals surface area contributed by atoms with Gasteiger partial charge in [-0.25, -0.2) is 8.42 Å². The number of phenolic OH excluding ortho intramolecular Hbond substituents is 1. The fourth-order valence-electron chi connectivity index (χ4n) is 5.10. The van der Waals surface area contributed by atoms with Crippen LogP contribution in [-0.2, 0) is 19.6 Å². The van der Waals surface area contributed by atoms with Crippen molar-refractivity contribution in [1.29, 1.82) is 0 Å². The lowest BCUT2D eigenvalue weighted by molar-refractivity contribution is -0.141. The first-order valence-electron chi connectivity index (χ1n) is 11.8. The molecule has 7 nitrogen and oxygen atoms in total. The fraction of sp³-hybridized carbons (Fsp3) is 0.207. The zero-order valence-electron chi connectivity index (χ0n) is 20.7. The van der Waals surface area contributed by atoms with Crippen molar-refractivity contribution < 1.29 is 27.8 Å². The van der Waals surface area contributed by atoms with Crippen molar-refractivity contribution in [2.75, 3.05) is 14.2 Å². The Labute approximate surface area is 215 Å². The van der Waals surface area contributed by atoms with Gasteiger partial charge in [0.25, 0.3) is 0 Å². The number of rotatable bonds is 6. The van der Waals surface area contributed by atoms with Gasteiger partial charge in [-0.15, -0.1) is 0 Å². The number of hydrogen-bond donors (Lipinski definition) is 1.